The monoisotopic (exact) mass is 145 g/mol. The van der Waals surface area contributed by atoms with E-state index in [1.54, 1.807) is 0 Å². The number of hydrogen-bond acceptors (Lipinski definition) is 3. The molecule has 3 nitrogen and oxygen atoms in total. The van der Waals surface area contributed by atoms with Gasteiger partial charge in [-0.25, -0.2) is 0 Å². The molecule has 0 unspecified atom stereocenters. The molecule has 3 heteroatoms. The highest BCUT2D eigenvalue weighted by molar-refractivity contribution is 5.20. The van der Waals surface area contributed by atoms with Crippen LogP contribution in [0.25, 0.3) is 0 Å². The standard InChI is InChI=1S/C6H15N.CO2/c1-5(2)7-6(3)4;2-1-3/h5-7H,1-4H3;. The minimum Gasteiger partial charge on any atom is -0.312 e. The molecule has 10 heavy (non-hydrogen) atoms. The van der Waals surface area contributed by atoms with Crippen LogP contribution >= 0.6 is 0 Å². The van der Waals surface area contributed by atoms with E-state index < -0.39 is 0 Å². The molecule has 0 heterocycles. The van der Waals surface area contributed by atoms with Gasteiger partial charge in [-0.1, -0.05) is 27.7 Å². The molecular formula is C7H15NO2. The first-order chi connectivity index (χ1) is 4.54. The van der Waals surface area contributed by atoms with E-state index >= 15 is 0 Å². The third-order valence-corrected chi connectivity index (χ3v) is 0.667. The maximum atomic E-state index is 8.12. The molecule has 0 fully saturated rings. The van der Waals surface area contributed by atoms with Crippen molar-refractivity contribution in [3.63, 3.8) is 0 Å². The van der Waals surface area contributed by atoms with E-state index in [4.69, 9.17) is 9.59 Å². The fraction of sp³-hybridized carbons (Fsp3) is 0.857. The average molecular weight is 145 g/mol. The summed E-state index contributed by atoms with van der Waals surface area (Å²) in [5, 5.41) is 3.31. The first kappa shape index (κ1) is 12.1. The molecule has 1 N–H and O–H groups in total. The lowest BCUT2D eigenvalue weighted by atomic mass is 10.3. The average Bonchev–Trinajstić information content (AvgIpc) is 1.62. The molecule has 0 atom stereocenters. The minimum atomic E-state index is 0.250. The van der Waals surface area contributed by atoms with Gasteiger partial charge in [0.2, 0.25) is 0 Å². The van der Waals surface area contributed by atoms with Crippen molar-refractivity contribution in [3.05, 3.63) is 0 Å². The third kappa shape index (κ3) is 26.4. The van der Waals surface area contributed by atoms with Gasteiger partial charge in [-0.05, 0) is 0 Å². The maximum absolute atomic E-state index is 8.12. The van der Waals surface area contributed by atoms with Crippen LogP contribution in [0.15, 0.2) is 0 Å². The van der Waals surface area contributed by atoms with E-state index in [0.717, 1.165) is 0 Å². The molecule has 0 aliphatic carbocycles. The quantitative estimate of drug-likeness (QED) is 0.625. The minimum absolute atomic E-state index is 0.250. The van der Waals surface area contributed by atoms with Crippen LogP contribution in [0.5, 0.6) is 0 Å². The van der Waals surface area contributed by atoms with Gasteiger partial charge < -0.3 is 5.32 Å². The van der Waals surface area contributed by atoms with E-state index in [1.807, 2.05) is 0 Å². The molecule has 0 radical (unpaired) electrons. The van der Waals surface area contributed by atoms with Crippen LogP contribution < -0.4 is 5.32 Å². The highest BCUT2D eigenvalue weighted by atomic mass is 16.2. The lowest BCUT2D eigenvalue weighted by Gasteiger charge is -2.10. The summed E-state index contributed by atoms with van der Waals surface area (Å²) in [5.74, 6) is 0. The predicted molar refractivity (Wildman–Crippen MR) is 38.4 cm³/mol. The Bertz CT molecular complexity index is 87.8. The molecule has 60 valence electrons. The molecule has 0 saturated heterocycles. The van der Waals surface area contributed by atoms with Gasteiger partial charge in [0.25, 0.3) is 0 Å². The molecule has 0 saturated carbocycles. The van der Waals surface area contributed by atoms with Gasteiger partial charge >= 0.3 is 6.15 Å². The van der Waals surface area contributed by atoms with Crippen LogP contribution in [0.4, 0.5) is 0 Å². The van der Waals surface area contributed by atoms with Crippen molar-refractivity contribution >= 4 is 6.15 Å². The fourth-order valence-electron chi connectivity index (χ4n) is 0.667. The molecule has 0 aliphatic rings. The summed E-state index contributed by atoms with van der Waals surface area (Å²) in [4.78, 5) is 16.2. The van der Waals surface area contributed by atoms with Crippen LogP contribution in [0, 0.1) is 0 Å². The van der Waals surface area contributed by atoms with E-state index in [2.05, 4.69) is 33.0 Å². The van der Waals surface area contributed by atoms with Crippen molar-refractivity contribution in [3.8, 4) is 0 Å². The Morgan fingerprint density at radius 2 is 1.20 bits per heavy atom. The molecule has 0 amide bonds. The summed E-state index contributed by atoms with van der Waals surface area (Å²) in [7, 11) is 0. The van der Waals surface area contributed by atoms with Crippen molar-refractivity contribution in [2.24, 2.45) is 0 Å². The first-order valence-electron chi connectivity index (χ1n) is 3.29. The Kier molecular flexibility index (Phi) is 10.1. The second-order valence-electron chi connectivity index (χ2n) is 2.56. The second kappa shape index (κ2) is 8.34. The van der Waals surface area contributed by atoms with Gasteiger partial charge in [0, 0.05) is 12.1 Å². The van der Waals surface area contributed by atoms with E-state index in [-0.39, 0.29) is 6.15 Å². The van der Waals surface area contributed by atoms with Gasteiger partial charge in [-0.3, -0.25) is 0 Å². The molecule has 0 bridgehead atoms. The van der Waals surface area contributed by atoms with E-state index in [1.165, 1.54) is 0 Å². The Labute approximate surface area is 61.8 Å². The van der Waals surface area contributed by atoms with Crippen LogP contribution in [0.3, 0.4) is 0 Å². The Balaban J connectivity index is 0. The van der Waals surface area contributed by atoms with Crippen molar-refractivity contribution in [2.45, 2.75) is 39.8 Å². The van der Waals surface area contributed by atoms with Crippen LogP contribution in [0.1, 0.15) is 27.7 Å². The normalized spacial score (nSPS) is 8.60. The third-order valence-electron chi connectivity index (χ3n) is 0.667. The Morgan fingerprint density at radius 1 is 1.00 bits per heavy atom. The maximum Gasteiger partial charge on any atom is 0.373 e. The van der Waals surface area contributed by atoms with Crippen molar-refractivity contribution in [1.82, 2.24) is 5.32 Å². The van der Waals surface area contributed by atoms with Gasteiger partial charge in [0.05, 0.1) is 0 Å². The molecule has 0 aliphatic heterocycles. The molecule has 0 aromatic carbocycles. The predicted octanol–water partition coefficient (Wildman–Crippen LogP) is 0.809. The highest BCUT2D eigenvalue weighted by Crippen LogP contribution is 1.80. The Morgan fingerprint density at radius 3 is 1.20 bits per heavy atom. The van der Waals surface area contributed by atoms with Crippen LogP contribution in [-0.2, 0) is 9.59 Å². The van der Waals surface area contributed by atoms with E-state index in [0.29, 0.717) is 12.1 Å². The summed E-state index contributed by atoms with van der Waals surface area (Å²) in [6.07, 6.45) is 0.250. The fourth-order valence-corrected chi connectivity index (χ4v) is 0.667. The lowest BCUT2D eigenvalue weighted by Crippen LogP contribution is -2.29. The first-order valence-corrected chi connectivity index (χ1v) is 3.29. The van der Waals surface area contributed by atoms with Crippen LogP contribution in [0.2, 0.25) is 0 Å². The van der Waals surface area contributed by atoms with Crippen molar-refractivity contribution in [1.29, 1.82) is 0 Å². The number of nitrogens with one attached hydrogen (secondary N) is 1. The zero-order chi connectivity index (χ0) is 8.57. The van der Waals surface area contributed by atoms with Gasteiger partial charge in [-0.2, -0.15) is 9.59 Å². The summed E-state index contributed by atoms with van der Waals surface area (Å²) in [5.41, 5.74) is 0. The Hall–Kier alpha value is -0.660. The number of carbonyl (C=O) groups excluding carboxylic acids is 2. The summed E-state index contributed by atoms with van der Waals surface area (Å²) in [6.45, 7) is 8.61. The molecule has 0 aromatic rings. The largest absolute Gasteiger partial charge is 0.373 e. The summed E-state index contributed by atoms with van der Waals surface area (Å²) < 4.78 is 0. The number of hydrogen-bond donors (Lipinski definition) is 1. The molecular weight excluding hydrogens is 130 g/mol. The summed E-state index contributed by atoms with van der Waals surface area (Å²) >= 11 is 0. The van der Waals surface area contributed by atoms with Crippen LogP contribution in [-0.4, -0.2) is 18.2 Å². The molecule has 0 rings (SSSR count). The second-order valence-corrected chi connectivity index (χ2v) is 2.56. The zero-order valence-electron chi connectivity index (χ0n) is 6.97. The lowest BCUT2D eigenvalue weighted by molar-refractivity contribution is -0.191. The summed E-state index contributed by atoms with van der Waals surface area (Å²) in [6, 6.07) is 1.25. The van der Waals surface area contributed by atoms with Gasteiger partial charge in [0.15, 0.2) is 0 Å². The van der Waals surface area contributed by atoms with E-state index in [9.17, 15) is 0 Å². The number of rotatable bonds is 2. The van der Waals surface area contributed by atoms with Gasteiger partial charge in [-0.15, -0.1) is 0 Å². The SMILES string of the molecule is CC(C)NC(C)C.O=C=O. The molecule has 0 spiro atoms. The molecule has 0 aromatic heterocycles. The van der Waals surface area contributed by atoms with Crippen molar-refractivity contribution in [2.75, 3.05) is 0 Å². The van der Waals surface area contributed by atoms with Crippen molar-refractivity contribution < 1.29 is 9.59 Å². The van der Waals surface area contributed by atoms with Gasteiger partial charge in [0.1, 0.15) is 0 Å². The topological polar surface area (TPSA) is 46.2 Å². The zero-order valence-corrected chi connectivity index (χ0v) is 6.97. The smallest absolute Gasteiger partial charge is 0.312 e. The highest BCUT2D eigenvalue weighted by Gasteiger charge is 1.92.